The Morgan fingerprint density at radius 3 is 1.55 bits per heavy atom. The van der Waals surface area contributed by atoms with Crippen LogP contribution in [0.2, 0.25) is 0 Å². The van der Waals surface area contributed by atoms with Crippen LogP contribution in [0.25, 0.3) is 0 Å². The molecule has 0 spiro atoms. The molecule has 0 aromatic heterocycles. The van der Waals surface area contributed by atoms with E-state index in [0.29, 0.717) is 13.2 Å². The monoisotopic (exact) mass is 257 g/mol. The normalized spacial score (nSPS) is 6.73. The minimum absolute atomic E-state index is 0. The van der Waals surface area contributed by atoms with Crippen LogP contribution in [-0.4, -0.2) is 13.2 Å². The van der Waals surface area contributed by atoms with Gasteiger partial charge in [-0.3, -0.25) is 0 Å². The van der Waals surface area contributed by atoms with Gasteiger partial charge >= 0.3 is 162 Å². The zero-order valence-corrected chi connectivity index (χ0v) is 18.3. The van der Waals surface area contributed by atoms with Gasteiger partial charge in [0.2, 0.25) is 0 Å². The Labute approximate surface area is 201 Å². The van der Waals surface area contributed by atoms with Crippen LogP contribution < -0.4 is 154 Å². The average molecular weight is 257 g/mol. The predicted octanol–water partition coefficient (Wildman–Crippen LogP) is -6.93. The predicted molar refractivity (Wildman–Crippen MR) is 34.2 cm³/mol. The summed E-state index contributed by atoms with van der Waals surface area (Å²) < 4.78 is 19.5. The summed E-state index contributed by atoms with van der Waals surface area (Å²) in [6.45, 7) is 4.42. The van der Waals surface area contributed by atoms with Crippen molar-refractivity contribution in [3.05, 3.63) is 0 Å². The Morgan fingerprint density at radius 2 is 1.36 bits per heavy atom. The van der Waals surface area contributed by atoms with Crippen molar-refractivity contribution in [3.63, 3.8) is 0 Å². The molecule has 0 heterocycles. The second-order valence-corrected chi connectivity index (χ2v) is 2.02. The molecule has 0 atom stereocenters. The maximum Gasteiger partial charge on any atom is 1.00 e. The maximum atomic E-state index is 10.3. The van der Waals surface area contributed by atoms with Gasteiger partial charge < -0.3 is 4.28 Å². The minimum atomic E-state index is -1.83. The smallest absolute Gasteiger partial charge is 1.00 e. The quantitative estimate of drug-likeness (QED) is 0.371. The molecule has 0 aliphatic rings. The van der Waals surface area contributed by atoms with E-state index in [9.17, 15) is 4.57 Å². The van der Waals surface area contributed by atoms with Crippen molar-refractivity contribution in [2.45, 2.75) is 13.8 Å². The molecule has 0 aromatic carbocycles. The molecule has 0 saturated heterocycles. The Morgan fingerprint density at radius 1 is 1.09 bits per heavy atom. The van der Waals surface area contributed by atoms with E-state index in [1.54, 1.807) is 13.8 Å². The molecule has 0 saturated carbocycles. The van der Waals surface area contributed by atoms with Crippen LogP contribution in [-0.2, 0) is 13.6 Å². The van der Waals surface area contributed by atoms with E-state index in [2.05, 4.69) is 9.05 Å². The van der Waals surface area contributed by atoms with Crippen molar-refractivity contribution in [2.24, 2.45) is 0 Å². The molecule has 0 bridgehead atoms. The van der Waals surface area contributed by atoms with Gasteiger partial charge in [-0.25, -0.2) is 0 Å². The molecule has 0 amide bonds. The largest absolute Gasteiger partial charge is 1.00 e. The zero-order valence-electron chi connectivity index (χ0n) is 11.1. The molecule has 3 nitrogen and oxygen atoms in total. The average Bonchev–Trinajstić information content (AvgIpc) is 1.68. The van der Waals surface area contributed by atoms with Crippen LogP contribution in [0.15, 0.2) is 0 Å². The third kappa shape index (κ3) is 20.9. The van der Waals surface area contributed by atoms with Gasteiger partial charge in [-0.2, -0.15) is 0 Å². The molecule has 0 aliphatic heterocycles. The molecule has 0 aromatic rings. The van der Waals surface area contributed by atoms with E-state index in [4.69, 9.17) is 0 Å². The summed E-state index contributed by atoms with van der Waals surface area (Å²) in [5.41, 5.74) is 0. The summed E-state index contributed by atoms with van der Waals surface area (Å²) in [5, 5.41) is 0. The van der Waals surface area contributed by atoms with Gasteiger partial charge in [0.1, 0.15) is 13.2 Å². The molecule has 0 aliphatic carbocycles. The molecular formula is C4H13K3O3P+. The van der Waals surface area contributed by atoms with Gasteiger partial charge in [-0.05, 0) is 13.8 Å². The Hall–Kier alpha value is 4.93. The molecule has 0 fully saturated rings. The van der Waals surface area contributed by atoms with Crippen LogP contribution in [0, 0.1) is 0 Å². The van der Waals surface area contributed by atoms with Gasteiger partial charge in [0.15, 0.2) is 0 Å². The fourth-order valence-corrected chi connectivity index (χ4v) is 0.744. The van der Waals surface area contributed by atoms with E-state index >= 15 is 0 Å². The summed E-state index contributed by atoms with van der Waals surface area (Å²) in [6.07, 6.45) is 0. The molecule has 0 radical (unpaired) electrons. The van der Waals surface area contributed by atoms with Crippen LogP contribution >= 0.6 is 8.25 Å². The van der Waals surface area contributed by atoms with Crippen molar-refractivity contribution in [2.75, 3.05) is 13.2 Å². The first-order valence-electron chi connectivity index (χ1n) is 2.54. The van der Waals surface area contributed by atoms with Gasteiger partial charge in [0.25, 0.3) is 0 Å². The van der Waals surface area contributed by atoms with Crippen molar-refractivity contribution in [3.8, 4) is 0 Å². The minimum Gasteiger partial charge on any atom is -1.00 e. The summed E-state index contributed by atoms with van der Waals surface area (Å²) in [5.74, 6) is 0. The first-order chi connectivity index (χ1) is 3.81. The first-order valence-corrected chi connectivity index (χ1v) is 3.63. The van der Waals surface area contributed by atoms with Crippen molar-refractivity contribution in [1.29, 1.82) is 0 Å². The number of hydrogen-bond donors (Lipinski definition) is 0. The van der Waals surface area contributed by atoms with E-state index in [0.717, 1.165) is 0 Å². The third-order valence-corrected chi connectivity index (χ3v) is 1.41. The van der Waals surface area contributed by atoms with E-state index in [1.807, 2.05) is 0 Å². The summed E-state index contributed by atoms with van der Waals surface area (Å²) >= 11 is 0. The van der Waals surface area contributed by atoms with E-state index < -0.39 is 8.25 Å². The van der Waals surface area contributed by atoms with Crippen LogP contribution in [0.5, 0.6) is 0 Å². The molecule has 0 unspecified atom stereocenters. The second kappa shape index (κ2) is 20.4. The standard InChI is InChI=1S/C4H10O3P.3K.3H/c1-3-6-8(5)7-4-2;;;;;;/h3-4H2,1-2H3;;;;;;/q4*+1;3*-1. The van der Waals surface area contributed by atoms with Crippen LogP contribution in [0.1, 0.15) is 18.1 Å². The Balaban J connectivity index is -0.0000000163. The molecule has 0 rings (SSSR count). The van der Waals surface area contributed by atoms with Gasteiger partial charge in [-0.1, -0.05) is 0 Å². The topological polar surface area (TPSA) is 35.5 Å². The van der Waals surface area contributed by atoms with Crippen molar-refractivity contribution < 1.29 is 172 Å². The summed E-state index contributed by atoms with van der Waals surface area (Å²) in [6, 6.07) is 0. The SMILES string of the molecule is CCO[P+](=O)OCC.[H-].[H-].[H-].[K+].[K+].[K+]. The molecular weight excluding hydrogens is 244 g/mol. The van der Waals surface area contributed by atoms with Gasteiger partial charge in [-0.15, -0.1) is 9.05 Å². The van der Waals surface area contributed by atoms with Gasteiger partial charge in [0, 0.05) is 4.57 Å². The van der Waals surface area contributed by atoms with E-state index in [1.165, 1.54) is 0 Å². The Kier molecular flexibility index (Phi) is 46.2. The van der Waals surface area contributed by atoms with E-state index in [-0.39, 0.29) is 158 Å². The van der Waals surface area contributed by atoms with Gasteiger partial charge in [0.05, 0.1) is 0 Å². The zero-order chi connectivity index (χ0) is 6.41. The first kappa shape index (κ1) is 24.9. The number of rotatable bonds is 4. The van der Waals surface area contributed by atoms with Crippen LogP contribution in [0.4, 0.5) is 0 Å². The fraction of sp³-hybridized carbons (Fsp3) is 1.00. The molecule has 7 heteroatoms. The molecule has 0 N–H and O–H groups in total. The maximum absolute atomic E-state index is 10.3. The second-order valence-electron chi connectivity index (χ2n) is 1.06. The molecule has 11 heavy (non-hydrogen) atoms. The molecule has 54 valence electrons. The fourth-order valence-electron chi connectivity index (χ4n) is 0.248. The number of hydrogen-bond acceptors (Lipinski definition) is 3. The third-order valence-electron chi connectivity index (χ3n) is 0.469. The van der Waals surface area contributed by atoms with Crippen molar-refractivity contribution in [1.82, 2.24) is 0 Å². The van der Waals surface area contributed by atoms with Crippen molar-refractivity contribution >= 4 is 8.25 Å². The van der Waals surface area contributed by atoms with Crippen LogP contribution in [0.3, 0.4) is 0 Å². The Bertz CT molecular complexity index is 85.5. The summed E-state index contributed by atoms with van der Waals surface area (Å²) in [4.78, 5) is 0. The summed E-state index contributed by atoms with van der Waals surface area (Å²) in [7, 11) is -1.83.